The van der Waals surface area contributed by atoms with Crippen LogP contribution in [0.5, 0.6) is 0 Å². The molecule has 0 saturated carbocycles. The quantitative estimate of drug-likeness (QED) is 0.515. The summed E-state index contributed by atoms with van der Waals surface area (Å²) >= 11 is 0. The number of nitrogens with zero attached hydrogens (tertiary/aromatic N) is 3. The first-order valence-corrected chi connectivity index (χ1v) is 4.26. The lowest BCUT2D eigenvalue weighted by Crippen LogP contribution is -2.36. The van der Waals surface area contributed by atoms with Crippen LogP contribution in [-0.2, 0) is 4.74 Å². The number of ether oxygens (including phenoxy) is 1. The van der Waals surface area contributed by atoms with Crippen molar-refractivity contribution in [1.82, 2.24) is 5.01 Å². The van der Waals surface area contributed by atoms with Crippen molar-refractivity contribution in [3.8, 4) is 0 Å². The highest BCUT2D eigenvalue weighted by Crippen LogP contribution is 2.18. The van der Waals surface area contributed by atoms with Gasteiger partial charge in [0.25, 0.3) is 0 Å². The third-order valence-electron chi connectivity index (χ3n) is 2.11. The van der Waals surface area contributed by atoms with Crippen molar-refractivity contribution in [3.63, 3.8) is 0 Å². The predicted molar refractivity (Wildman–Crippen MR) is 48.0 cm³/mol. The SMILES string of the molecule is C=CN=NN(C)[C@H]1CCO[C@@H]1CO. The Hall–Kier alpha value is -0.940. The molecule has 1 aliphatic heterocycles. The highest BCUT2D eigenvalue weighted by atomic mass is 16.5. The standard InChI is InChI=1S/C8H15N3O2/c1-3-9-10-11(2)7-4-5-13-8(7)6-12/h3,7-8,12H,1,4-6H2,2H3/t7-,8+/m0/s1. The zero-order chi connectivity index (χ0) is 9.68. The average Bonchev–Trinajstić information content (AvgIpc) is 2.61. The molecule has 5 nitrogen and oxygen atoms in total. The largest absolute Gasteiger partial charge is 0.394 e. The maximum atomic E-state index is 8.97. The Balaban J connectivity index is 2.49. The minimum Gasteiger partial charge on any atom is -0.394 e. The molecule has 1 fully saturated rings. The van der Waals surface area contributed by atoms with Crippen molar-refractivity contribution in [3.05, 3.63) is 12.8 Å². The lowest BCUT2D eigenvalue weighted by molar-refractivity contribution is 0.0243. The van der Waals surface area contributed by atoms with E-state index in [-0.39, 0.29) is 18.8 Å². The summed E-state index contributed by atoms with van der Waals surface area (Å²) in [6.07, 6.45) is 2.10. The molecule has 0 radical (unpaired) electrons. The van der Waals surface area contributed by atoms with Gasteiger partial charge in [-0.2, -0.15) is 0 Å². The van der Waals surface area contributed by atoms with E-state index in [1.165, 1.54) is 6.20 Å². The number of likely N-dealkylation sites (N-methyl/N-ethyl adjacent to an activating group) is 1. The first-order valence-electron chi connectivity index (χ1n) is 4.26. The minimum atomic E-state index is -0.145. The third kappa shape index (κ3) is 2.50. The molecule has 1 rings (SSSR count). The monoisotopic (exact) mass is 185 g/mol. The molecule has 5 heteroatoms. The molecule has 2 atom stereocenters. The smallest absolute Gasteiger partial charge is 0.103 e. The number of aliphatic hydroxyl groups excluding tert-OH is 1. The van der Waals surface area contributed by atoms with Gasteiger partial charge in [0.2, 0.25) is 0 Å². The first-order chi connectivity index (χ1) is 6.29. The molecule has 1 aliphatic rings. The van der Waals surface area contributed by atoms with E-state index in [2.05, 4.69) is 16.9 Å². The van der Waals surface area contributed by atoms with Crippen molar-refractivity contribution in [2.24, 2.45) is 10.3 Å². The van der Waals surface area contributed by atoms with Crippen LogP contribution in [0, 0.1) is 0 Å². The molecule has 0 aromatic carbocycles. The van der Waals surface area contributed by atoms with E-state index in [9.17, 15) is 0 Å². The average molecular weight is 185 g/mol. The van der Waals surface area contributed by atoms with E-state index in [0.717, 1.165) is 6.42 Å². The summed E-state index contributed by atoms with van der Waals surface area (Å²) in [5.74, 6) is 0. The van der Waals surface area contributed by atoms with Crippen molar-refractivity contribution < 1.29 is 9.84 Å². The molecule has 0 bridgehead atoms. The Kier molecular flexibility index (Phi) is 3.85. The van der Waals surface area contributed by atoms with Gasteiger partial charge in [-0.15, -0.1) is 5.11 Å². The minimum absolute atomic E-state index is 0.0264. The van der Waals surface area contributed by atoms with Crippen LogP contribution in [0.15, 0.2) is 23.1 Å². The van der Waals surface area contributed by atoms with Crippen molar-refractivity contribution in [2.75, 3.05) is 20.3 Å². The van der Waals surface area contributed by atoms with Gasteiger partial charge in [0.05, 0.1) is 12.6 Å². The van der Waals surface area contributed by atoms with Crippen LogP contribution >= 0.6 is 0 Å². The van der Waals surface area contributed by atoms with Crippen LogP contribution < -0.4 is 0 Å². The Labute approximate surface area is 77.7 Å². The number of rotatable bonds is 4. The first kappa shape index (κ1) is 10.1. The molecule has 0 aromatic heterocycles. The molecule has 0 aromatic rings. The van der Waals surface area contributed by atoms with Crippen LogP contribution in [0.4, 0.5) is 0 Å². The molecule has 1 N–H and O–H groups in total. The fourth-order valence-corrected chi connectivity index (χ4v) is 1.42. The van der Waals surface area contributed by atoms with Gasteiger partial charge < -0.3 is 9.84 Å². The van der Waals surface area contributed by atoms with E-state index >= 15 is 0 Å². The maximum Gasteiger partial charge on any atom is 0.103 e. The van der Waals surface area contributed by atoms with Gasteiger partial charge in [-0.25, -0.2) is 0 Å². The maximum absolute atomic E-state index is 8.97. The lowest BCUT2D eigenvalue weighted by Gasteiger charge is -2.23. The molecule has 0 unspecified atom stereocenters. The van der Waals surface area contributed by atoms with E-state index in [0.29, 0.717) is 6.61 Å². The molecular weight excluding hydrogens is 170 g/mol. The molecular formula is C8H15N3O2. The van der Waals surface area contributed by atoms with Gasteiger partial charge in [0.15, 0.2) is 0 Å². The molecule has 1 heterocycles. The number of hydrogen-bond donors (Lipinski definition) is 1. The van der Waals surface area contributed by atoms with Crippen LogP contribution in [-0.4, -0.2) is 42.5 Å². The summed E-state index contributed by atoms with van der Waals surface area (Å²) in [6.45, 7) is 4.13. The highest BCUT2D eigenvalue weighted by Gasteiger charge is 2.30. The molecule has 74 valence electrons. The van der Waals surface area contributed by atoms with Gasteiger partial charge in [0.1, 0.15) is 6.10 Å². The highest BCUT2D eigenvalue weighted by molar-refractivity contribution is 4.81. The Morgan fingerprint density at radius 2 is 2.54 bits per heavy atom. The second-order valence-electron chi connectivity index (χ2n) is 2.91. The van der Waals surface area contributed by atoms with Crippen LogP contribution in [0.1, 0.15) is 6.42 Å². The molecule has 0 amide bonds. The fraction of sp³-hybridized carbons (Fsp3) is 0.750. The summed E-state index contributed by atoms with van der Waals surface area (Å²) in [6, 6.07) is 0.119. The molecule has 13 heavy (non-hydrogen) atoms. The van der Waals surface area contributed by atoms with Gasteiger partial charge in [-0.05, 0) is 6.42 Å². The van der Waals surface area contributed by atoms with E-state index < -0.39 is 0 Å². The summed E-state index contributed by atoms with van der Waals surface area (Å²) in [5, 5.41) is 18.2. The van der Waals surface area contributed by atoms with Crippen LogP contribution in [0.25, 0.3) is 0 Å². The van der Waals surface area contributed by atoms with Gasteiger partial charge >= 0.3 is 0 Å². The lowest BCUT2D eigenvalue weighted by atomic mass is 10.1. The molecule has 0 aliphatic carbocycles. The fourth-order valence-electron chi connectivity index (χ4n) is 1.42. The summed E-state index contributed by atoms with van der Waals surface area (Å²) in [5.41, 5.74) is 0. The van der Waals surface area contributed by atoms with Crippen molar-refractivity contribution in [1.29, 1.82) is 0 Å². The van der Waals surface area contributed by atoms with Crippen LogP contribution in [0.2, 0.25) is 0 Å². The Morgan fingerprint density at radius 3 is 3.15 bits per heavy atom. The van der Waals surface area contributed by atoms with Crippen molar-refractivity contribution >= 4 is 0 Å². The second-order valence-corrected chi connectivity index (χ2v) is 2.91. The Morgan fingerprint density at radius 1 is 1.77 bits per heavy atom. The van der Waals surface area contributed by atoms with E-state index in [1.54, 1.807) is 5.01 Å². The Bertz CT molecular complexity index is 196. The van der Waals surface area contributed by atoms with Crippen molar-refractivity contribution in [2.45, 2.75) is 18.6 Å². The zero-order valence-electron chi connectivity index (χ0n) is 7.76. The molecule has 0 spiro atoms. The number of hydrogen-bond acceptors (Lipinski definition) is 4. The van der Waals surface area contributed by atoms with Gasteiger partial charge in [0, 0.05) is 19.9 Å². The van der Waals surface area contributed by atoms with Gasteiger partial charge in [-0.1, -0.05) is 11.8 Å². The van der Waals surface area contributed by atoms with E-state index in [1.807, 2.05) is 7.05 Å². The summed E-state index contributed by atoms with van der Waals surface area (Å²) < 4.78 is 5.30. The summed E-state index contributed by atoms with van der Waals surface area (Å²) in [7, 11) is 1.81. The van der Waals surface area contributed by atoms with Gasteiger partial charge in [-0.3, -0.25) is 5.01 Å². The normalized spacial score (nSPS) is 28.2. The zero-order valence-corrected chi connectivity index (χ0v) is 7.76. The predicted octanol–water partition coefficient (Wildman–Crippen LogP) is 0.579. The molecule has 1 saturated heterocycles. The number of aliphatic hydroxyl groups is 1. The van der Waals surface area contributed by atoms with Crippen LogP contribution in [0.3, 0.4) is 0 Å². The topological polar surface area (TPSA) is 57.4 Å². The second kappa shape index (κ2) is 4.94. The summed E-state index contributed by atoms with van der Waals surface area (Å²) in [4.78, 5) is 0. The third-order valence-corrected chi connectivity index (χ3v) is 2.11. The van der Waals surface area contributed by atoms with E-state index in [4.69, 9.17) is 9.84 Å².